The molecular weight excluding hydrogens is 488 g/mol. The van der Waals surface area contributed by atoms with Gasteiger partial charge in [0.05, 0.1) is 25.4 Å². The monoisotopic (exact) mass is 524 g/mol. The van der Waals surface area contributed by atoms with E-state index in [-0.39, 0.29) is 23.7 Å². The molecule has 3 N–H and O–H groups in total. The van der Waals surface area contributed by atoms with Gasteiger partial charge in [0.2, 0.25) is 0 Å². The number of aliphatic hydroxyl groups excluding tert-OH is 2. The molecule has 0 aliphatic carbocycles. The highest BCUT2D eigenvalue weighted by molar-refractivity contribution is 5.87. The molecule has 11 nitrogen and oxygen atoms in total. The van der Waals surface area contributed by atoms with Gasteiger partial charge in [0.25, 0.3) is 0 Å². The van der Waals surface area contributed by atoms with Crippen molar-refractivity contribution in [3.63, 3.8) is 0 Å². The fraction of sp³-hybridized carbons (Fsp3) is 0.654. The number of carbonyl (C=O) groups is 1. The van der Waals surface area contributed by atoms with Crippen molar-refractivity contribution in [2.24, 2.45) is 0 Å². The molecule has 0 aromatic heterocycles. The third kappa shape index (κ3) is 5.93. The summed E-state index contributed by atoms with van der Waals surface area (Å²) in [6.07, 6.45) is -5.54. The van der Waals surface area contributed by atoms with E-state index in [9.17, 15) is 20.1 Å². The van der Waals surface area contributed by atoms with Gasteiger partial charge in [-0.05, 0) is 58.4 Å². The normalized spacial score (nSPS) is 39.4. The zero-order valence-electron chi connectivity index (χ0n) is 21.8. The Morgan fingerprint density at radius 2 is 1.65 bits per heavy atom. The lowest BCUT2D eigenvalue weighted by Gasteiger charge is -2.45. The highest BCUT2D eigenvalue weighted by Gasteiger charge is 2.55. The molecule has 0 saturated carbocycles. The lowest BCUT2D eigenvalue weighted by Crippen LogP contribution is -2.62. The number of ether oxygens (including phenoxy) is 7. The fourth-order valence-corrected chi connectivity index (χ4v) is 4.95. The van der Waals surface area contributed by atoms with Crippen LogP contribution in [-0.2, 0) is 33.2 Å². The second-order valence-corrected chi connectivity index (χ2v) is 10.1. The van der Waals surface area contributed by atoms with Gasteiger partial charge >= 0.3 is 5.97 Å². The molecule has 10 atom stereocenters. The maximum Gasteiger partial charge on any atom is 0.331 e. The van der Waals surface area contributed by atoms with Crippen molar-refractivity contribution in [1.29, 1.82) is 0 Å². The first-order valence-corrected chi connectivity index (χ1v) is 12.3. The largest absolute Gasteiger partial charge is 0.504 e. The molecule has 3 saturated heterocycles. The van der Waals surface area contributed by atoms with Crippen molar-refractivity contribution in [1.82, 2.24) is 0 Å². The Labute approximate surface area is 215 Å². The molecule has 11 heteroatoms. The summed E-state index contributed by atoms with van der Waals surface area (Å²) in [4.78, 5) is 12.4. The molecular formula is C26H36O11. The van der Waals surface area contributed by atoms with Crippen LogP contribution in [0.2, 0.25) is 0 Å². The molecule has 0 spiro atoms. The third-order valence-electron chi connectivity index (χ3n) is 6.78. The number of rotatable bonds is 6. The van der Waals surface area contributed by atoms with Crippen molar-refractivity contribution in [2.45, 2.75) is 102 Å². The predicted octanol–water partition coefficient (Wildman–Crippen LogP) is 1.50. The van der Waals surface area contributed by atoms with Crippen molar-refractivity contribution in [2.75, 3.05) is 7.11 Å². The molecule has 3 fully saturated rings. The summed E-state index contributed by atoms with van der Waals surface area (Å²) in [5.41, 5.74) is 0.589. The van der Waals surface area contributed by atoms with Crippen molar-refractivity contribution in [3.05, 3.63) is 29.8 Å². The Bertz CT molecular complexity index is 995. The van der Waals surface area contributed by atoms with Gasteiger partial charge in [0.15, 0.2) is 29.7 Å². The van der Waals surface area contributed by atoms with E-state index in [1.807, 2.05) is 27.7 Å². The summed E-state index contributed by atoms with van der Waals surface area (Å²) >= 11 is 0. The van der Waals surface area contributed by atoms with E-state index in [4.69, 9.17) is 33.2 Å². The van der Waals surface area contributed by atoms with Crippen molar-refractivity contribution >= 4 is 12.0 Å². The van der Waals surface area contributed by atoms with Crippen LogP contribution >= 0.6 is 0 Å². The first kappa shape index (κ1) is 27.8. The number of methoxy groups -OCH3 is 1. The van der Waals surface area contributed by atoms with Gasteiger partial charge in [0, 0.05) is 6.08 Å². The number of aromatic hydroxyl groups is 1. The highest BCUT2D eigenvalue weighted by atomic mass is 16.8. The van der Waals surface area contributed by atoms with E-state index < -0.39 is 60.8 Å². The average molecular weight is 525 g/mol. The minimum Gasteiger partial charge on any atom is -0.504 e. The molecule has 0 radical (unpaired) electrons. The number of carbonyl (C=O) groups excluding carboxylic acids is 1. The number of hydrogen-bond donors (Lipinski definition) is 3. The van der Waals surface area contributed by atoms with Gasteiger partial charge in [0.1, 0.15) is 30.5 Å². The van der Waals surface area contributed by atoms with Crippen LogP contribution < -0.4 is 4.74 Å². The molecule has 1 aromatic rings. The Morgan fingerprint density at radius 3 is 2.35 bits per heavy atom. The summed E-state index contributed by atoms with van der Waals surface area (Å²) in [5, 5.41) is 31.3. The number of phenolic OH excluding ortho intramolecular Hbond substituents is 1. The first-order valence-electron chi connectivity index (χ1n) is 12.3. The first-order chi connectivity index (χ1) is 17.4. The van der Waals surface area contributed by atoms with Crippen LogP contribution in [0.15, 0.2) is 24.3 Å². The fourth-order valence-electron chi connectivity index (χ4n) is 4.95. The Hall–Kier alpha value is -2.25. The topological polar surface area (TPSA) is 142 Å². The molecule has 206 valence electrons. The van der Waals surface area contributed by atoms with Crippen LogP contribution in [0.1, 0.15) is 40.2 Å². The molecule has 0 amide bonds. The molecule has 4 rings (SSSR count). The van der Waals surface area contributed by atoms with Gasteiger partial charge < -0.3 is 48.5 Å². The maximum atomic E-state index is 12.4. The van der Waals surface area contributed by atoms with Gasteiger partial charge in [-0.15, -0.1) is 0 Å². The Balaban J connectivity index is 1.39. The van der Waals surface area contributed by atoms with Gasteiger partial charge in [-0.1, -0.05) is 6.07 Å². The second-order valence-electron chi connectivity index (χ2n) is 10.1. The van der Waals surface area contributed by atoms with Crippen LogP contribution in [0.4, 0.5) is 0 Å². The van der Waals surface area contributed by atoms with Crippen LogP contribution in [0, 0.1) is 0 Å². The SMILES string of the molecule is COc1cc(/C=C/C(=O)OC2C(C)OC(OC3C(C)OC(C)C4OC(C)(C)OC34)C(O)C2O)ccc1O. The molecule has 3 heterocycles. The second kappa shape index (κ2) is 10.9. The lowest BCUT2D eigenvalue weighted by atomic mass is 9.95. The summed E-state index contributed by atoms with van der Waals surface area (Å²) in [5.74, 6) is -1.34. The predicted molar refractivity (Wildman–Crippen MR) is 129 cm³/mol. The van der Waals surface area contributed by atoms with Crippen LogP contribution in [0.3, 0.4) is 0 Å². The lowest BCUT2D eigenvalue weighted by molar-refractivity contribution is -0.328. The Morgan fingerprint density at radius 1 is 0.973 bits per heavy atom. The summed E-state index contributed by atoms with van der Waals surface area (Å²) in [6.45, 7) is 8.97. The summed E-state index contributed by atoms with van der Waals surface area (Å²) in [6, 6.07) is 4.58. The average Bonchev–Trinajstić information content (AvgIpc) is 3.17. The summed E-state index contributed by atoms with van der Waals surface area (Å²) in [7, 11) is 1.42. The number of phenols is 1. The van der Waals surface area contributed by atoms with E-state index in [1.165, 1.54) is 25.3 Å². The molecule has 10 unspecified atom stereocenters. The van der Waals surface area contributed by atoms with E-state index >= 15 is 0 Å². The van der Waals surface area contributed by atoms with Crippen LogP contribution in [-0.4, -0.2) is 95.4 Å². The zero-order chi connectivity index (χ0) is 27.1. The minimum absolute atomic E-state index is 0.0285. The number of benzene rings is 1. The summed E-state index contributed by atoms with van der Waals surface area (Å²) < 4.78 is 40.4. The molecule has 3 aliphatic heterocycles. The molecule has 0 bridgehead atoms. The number of esters is 1. The van der Waals surface area contributed by atoms with Gasteiger partial charge in [-0.25, -0.2) is 4.79 Å². The van der Waals surface area contributed by atoms with Gasteiger partial charge in [-0.2, -0.15) is 0 Å². The molecule has 3 aliphatic rings. The number of aliphatic hydroxyl groups is 2. The minimum atomic E-state index is -1.50. The molecule has 37 heavy (non-hydrogen) atoms. The van der Waals surface area contributed by atoms with Crippen LogP contribution in [0.5, 0.6) is 11.5 Å². The smallest absolute Gasteiger partial charge is 0.331 e. The van der Waals surface area contributed by atoms with E-state index in [1.54, 1.807) is 19.1 Å². The Kier molecular flexibility index (Phi) is 8.15. The van der Waals surface area contributed by atoms with E-state index in [0.29, 0.717) is 5.56 Å². The third-order valence-corrected chi connectivity index (χ3v) is 6.78. The van der Waals surface area contributed by atoms with E-state index in [2.05, 4.69) is 0 Å². The quantitative estimate of drug-likeness (QED) is 0.368. The van der Waals surface area contributed by atoms with Crippen molar-refractivity contribution < 1.29 is 53.3 Å². The standard InChI is InChI=1S/C26H36O11/c1-12-21(34-18(28)10-8-15-7-9-16(27)17(11-15)31-6)19(29)20(30)25(33-12)35-22-13(2)32-14(3)23-24(22)37-26(4,5)36-23/h7-14,19-25,27,29-30H,1-6H3/b10-8+. The number of fused-ring (bicyclic) bond motifs is 1. The van der Waals surface area contributed by atoms with Crippen molar-refractivity contribution in [3.8, 4) is 11.5 Å². The highest BCUT2D eigenvalue weighted by Crippen LogP contribution is 2.39. The van der Waals surface area contributed by atoms with Crippen LogP contribution in [0.25, 0.3) is 6.08 Å². The zero-order valence-corrected chi connectivity index (χ0v) is 21.8. The van der Waals surface area contributed by atoms with Gasteiger partial charge in [-0.3, -0.25) is 0 Å². The molecule has 1 aromatic carbocycles. The van der Waals surface area contributed by atoms with E-state index in [0.717, 1.165) is 0 Å². The maximum absolute atomic E-state index is 12.4. The number of hydrogen-bond acceptors (Lipinski definition) is 11.